The lowest BCUT2D eigenvalue weighted by molar-refractivity contribution is 0.136. The molecule has 2 aliphatic rings. The van der Waals surface area contributed by atoms with Crippen LogP contribution in [0.25, 0.3) is 0 Å². The summed E-state index contributed by atoms with van der Waals surface area (Å²) in [6, 6.07) is 7.56. The van der Waals surface area contributed by atoms with Gasteiger partial charge in [-0.15, -0.1) is 0 Å². The molecule has 128 valence electrons. The number of hydrogen-bond acceptors (Lipinski definition) is 4. The summed E-state index contributed by atoms with van der Waals surface area (Å²) in [4.78, 5) is 0. The van der Waals surface area contributed by atoms with Gasteiger partial charge in [0.25, 0.3) is 0 Å². The Morgan fingerprint density at radius 3 is 2.96 bits per heavy atom. The Kier molecular flexibility index (Phi) is 4.24. The van der Waals surface area contributed by atoms with Crippen LogP contribution >= 0.6 is 0 Å². The topological polar surface area (TPSA) is 48.3 Å². The molecule has 2 atom stereocenters. The molecule has 1 aromatic heterocycles. The van der Waals surface area contributed by atoms with E-state index in [9.17, 15) is 4.39 Å². The third-order valence-electron chi connectivity index (χ3n) is 4.90. The highest BCUT2D eigenvalue weighted by Crippen LogP contribution is 2.37. The standard InChI is InChI=1S/C18H22FN3O2/c1-22-9-16(8-20-22)24-18-11-23-10-17(18)21-15-6-13(7-15)12-3-2-4-14(19)5-12/h2-5,8-9,13,15,17-18,21H,6-7,10-11H2,1H3/t13?,15?,17-,18+/m0/s1. The second kappa shape index (κ2) is 6.53. The van der Waals surface area contributed by atoms with E-state index in [1.165, 1.54) is 6.07 Å². The molecule has 0 unspecified atom stereocenters. The molecule has 2 fully saturated rings. The highest BCUT2D eigenvalue weighted by atomic mass is 19.1. The van der Waals surface area contributed by atoms with Crippen LogP contribution in [0.5, 0.6) is 5.75 Å². The molecule has 1 aliphatic heterocycles. The Bertz CT molecular complexity index is 699. The van der Waals surface area contributed by atoms with E-state index in [-0.39, 0.29) is 18.0 Å². The van der Waals surface area contributed by atoms with Gasteiger partial charge in [0, 0.05) is 13.1 Å². The summed E-state index contributed by atoms with van der Waals surface area (Å²) < 4.78 is 26.6. The molecule has 6 heteroatoms. The molecule has 1 saturated heterocycles. The van der Waals surface area contributed by atoms with E-state index in [4.69, 9.17) is 9.47 Å². The first-order valence-corrected chi connectivity index (χ1v) is 8.42. The first-order valence-electron chi connectivity index (χ1n) is 8.42. The number of rotatable bonds is 5. The predicted octanol–water partition coefficient (Wildman–Crippen LogP) is 2.24. The number of aryl methyl sites for hydroxylation is 1. The summed E-state index contributed by atoms with van der Waals surface area (Å²) >= 11 is 0. The highest BCUT2D eigenvalue weighted by molar-refractivity contribution is 5.24. The van der Waals surface area contributed by atoms with Crippen molar-refractivity contribution in [1.82, 2.24) is 15.1 Å². The maximum absolute atomic E-state index is 13.3. The lowest BCUT2D eigenvalue weighted by atomic mass is 9.75. The quantitative estimate of drug-likeness (QED) is 0.913. The van der Waals surface area contributed by atoms with Crippen molar-refractivity contribution in [2.45, 2.75) is 36.9 Å². The van der Waals surface area contributed by atoms with Crippen molar-refractivity contribution in [2.75, 3.05) is 13.2 Å². The monoisotopic (exact) mass is 331 g/mol. The Balaban J connectivity index is 1.30. The molecule has 1 saturated carbocycles. The SMILES string of the molecule is Cn1cc(O[C@@H]2COC[C@@H]2NC2CC(c3cccc(F)c3)C2)cn1. The van der Waals surface area contributed by atoms with Crippen molar-refractivity contribution < 1.29 is 13.9 Å². The molecule has 2 heterocycles. The predicted molar refractivity (Wildman–Crippen MR) is 87.5 cm³/mol. The van der Waals surface area contributed by atoms with Gasteiger partial charge < -0.3 is 14.8 Å². The van der Waals surface area contributed by atoms with Crippen molar-refractivity contribution in [3.8, 4) is 5.75 Å². The fraction of sp³-hybridized carbons (Fsp3) is 0.500. The van der Waals surface area contributed by atoms with Crippen LogP contribution in [0.3, 0.4) is 0 Å². The molecule has 4 rings (SSSR count). The first kappa shape index (κ1) is 15.6. The minimum absolute atomic E-state index is 0.00224. The van der Waals surface area contributed by atoms with Crippen molar-refractivity contribution in [3.05, 3.63) is 48.0 Å². The van der Waals surface area contributed by atoms with Gasteiger partial charge in [-0.25, -0.2) is 4.39 Å². The van der Waals surface area contributed by atoms with Gasteiger partial charge in [0.05, 0.1) is 31.6 Å². The smallest absolute Gasteiger partial charge is 0.157 e. The lowest BCUT2D eigenvalue weighted by Gasteiger charge is -2.38. The van der Waals surface area contributed by atoms with Gasteiger partial charge in [-0.05, 0) is 36.5 Å². The number of hydrogen-bond donors (Lipinski definition) is 1. The maximum Gasteiger partial charge on any atom is 0.157 e. The summed E-state index contributed by atoms with van der Waals surface area (Å²) in [6.07, 6.45) is 5.64. The Hall–Kier alpha value is -1.92. The van der Waals surface area contributed by atoms with Crippen LogP contribution < -0.4 is 10.1 Å². The fourth-order valence-corrected chi connectivity index (χ4v) is 3.53. The molecule has 24 heavy (non-hydrogen) atoms. The van der Waals surface area contributed by atoms with Crippen LogP contribution in [0.4, 0.5) is 4.39 Å². The molecule has 5 nitrogen and oxygen atoms in total. The zero-order valence-electron chi connectivity index (χ0n) is 13.7. The maximum atomic E-state index is 13.3. The molecule has 0 spiro atoms. The van der Waals surface area contributed by atoms with Crippen LogP contribution in [0.15, 0.2) is 36.7 Å². The van der Waals surface area contributed by atoms with E-state index in [0.29, 0.717) is 25.2 Å². The van der Waals surface area contributed by atoms with Gasteiger partial charge >= 0.3 is 0 Å². The fourth-order valence-electron chi connectivity index (χ4n) is 3.53. The van der Waals surface area contributed by atoms with Crippen LogP contribution in [-0.4, -0.2) is 41.2 Å². The number of nitrogens with zero attached hydrogens (tertiary/aromatic N) is 2. The van der Waals surface area contributed by atoms with E-state index in [2.05, 4.69) is 10.4 Å². The van der Waals surface area contributed by atoms with Gasteiger partial charge in [-0.1, -0.05) is 12.1 Å². The average Bonchev–Trinajstić information content (AvgIpc) is 3.12. The number of aromatic nitrogens is 2. The molecule has 0 bridgehead atoms. The van der Waals surface area contributed by atoms with Crippen molar-refractivity contribution >= 4 is 0 Å². The Labute approximate surface area is 140 Å². The zero-order valence-corrected chi connectivity index (χ0v) is 13.7. The molecule has 1 N–H and O–H groups in total. The van der Waals surface area contributed by atoms with E-state index in [0.717, 1.165) is 24.2 Å². The summed E-state index contributed by atoms with van der Waals surface area (Å²) in [5.74, 6) is 1.06. The number of benzene rings is 1. The lowest BCUT2D eigenvalue weighted by Crippen LogP contribution is -2.51. The van der Waals surface area contributed by atoms with Gasteiger partial charge in [0.15, 0.2) is 5.75 Å². The van der Waals surface area contributed by atoms with E-state index in [1.54, 1.807) is 23.0 Å². The van der Waals surface area contributed by atoms with Crippen molar-refractivity contribution in [1.29, 1.82) is 0 Å². The van der Waals surface area contributed by atoms with Gasteiger partial charge in [0.2, 0.25) is 0 Å². The highest BCUT2D eigenvalue weighted by Gasteiger charge is 2.37. The molecule has 0 radical (unpaired) electrons. The Morgan fingerprint density at radius 1 is 1.33 bits per heavy atom. The van der Waals surface area contributed by atoms with Crippen LogP contribution in [0.1, 0.15) is 24.3 Å². The summed E-state index contributed by atoms with van der Waals surface area (Å²) in [7, 11) is 1.87. The third kappa shape index (κ3) is 3.30. The first-order chi connectivity index (χ1) is 11.7. The third-order valence-corrected chi connectivity index (χ3v) is 4.90. The van der Waals surface area contributed by atoms with Crippen LogP contribution in [-0.2, 0) is 11.8 Å². The second-order valence-electron chi connectivity index (χ2n) is 6.74. The molecular formula is C18H22FN3O2. The van der Waals surface area contributed by atoms with Gasteiger partial charge in [0.1, 0.15) is 11.9 Å². The molecule has 0 amide bonds. The minimum Gasteiger partial charge on any atom is -0.483 e. The summed E-state index contributed by atoms with van der Waals surface area (Å²) in [5.41, 5.74) is 1.10. The number of nitrogens with one attached hydrogen (secondary N) is 1. The number of ether oxygens (including phenoxy) is 2. The van der Waals surface area contributed by atoms with Gasteiger partial charge in [-0.2, -0.15) is 5.10 Å². The number of halogens is 1. The normalized spacial score (nSPS) is 29.4. The van der Waals surface area contributed by atoms with Crippen LogP contribution in [0.2, 0.25) is 0 Å². The Morgan fingerprint density at radius 2 is 2.21 bits per heavy atom. The summed E-state index contributed by atoms with van der Waals surface area (Å²) in [6.45, 7) is 1.25. The molecule has 2 aromatic rings. The van der Waals surface area contributed by atoms with E-state index >= 15 is 0 Å². The average molecular weight is 331 g/mol. The largest absolute Gasteiger partial charge is 0.483 e. The van der Waals surface area contributed by atoms with E-state index < -0.39 is 0 Å². The minimum atomic E-state index is -0.155. The van der Waals surface area contributed by atoms with Gasteiger partial charge in [-0.3, -0.25) is 4.68 Å². The van der Waals surface area contributed by atoms with Crippen molar-refractivity contribution in [2.24, 2.45) is 7.05 Å². The zero-order chi connectivity index (χ0) is 16.5. The summed E-state index contributed by atoms with van der Waals surface area (Å²) in [5, 5.41) is 7.76. The van der Waals surface area contributed by atoms with E-state index in [1.807, 2.05) is 19.3 Å². The van der Waals surface area contributed by atoms with Crippen LogP contribution in [0, 0.1) is 5.82 Å². The van der Waals surface area contributed by atoms with Crippen molar-refractivity contribution in [3.63, 3.8) is 0 Å². The molecule has 1 aliphatic carbocycles. The molecular weight excluding hydrogens is 309 g/mol. The second-order valence-corrected chi connectivity index (χ2v) is 6.74. The molecule has 1 aromatic carbocycles.